The van der Waals surface area contributed by atoms with Crippen LogP contribution < -0.4 is 4.72 Å². The van der Waals surface area contributed by atoms with E-state index >= 15 is 0 Å². The molecule has 1 N–H and O–H groups in total. The maximum absolute atomic E-state index is 11.8. The van der Waals surface area contributed by atoms with Crippen LogP contribution in [-0.2, 0) is 10.0 Å². The van der Waals surface area contributed by atoms with E-state index in [0.717, 1.165) is 22.2 Å². The predicted molar refractivity (Wildman–Crippen MR) is 76.7 cm³/mol. The van der Waals surface area contributed by atoms with Gasteiger partial charge in [0.25, 0.3) is 0 Å². The van der Waals surface area contributed by atoms with Crippen LogP contribution in [0.25, 0.3) is 10.2 Å². The summed E-state index contributed by atoms with van der Waals surface area (Å²) < 4.78 is 27.1. The number of benzene rings is 1. The summed E-state index contributed by atoms with van der Waals surface area (Å²) in [5.41, 5.74) is 1.93. The van der Waals surface area contributed by atoms with Crippen LogP contribution in [0.4, 0.5) is 5.13 Å². The van der Waals surface area contributed by atoms with E-state index < -0.39 is 10.0 Å². The topological polar surface area (TPSA) is 59.1 Å². The molecule has 0 saturated heterocycles. The second-order valence-corrected chi connectivity index (χ2v) is 7.09. The maximum Gasteiger partial charge on any atom is 0.234 e. The summed E-state index contributed by atoms with van der Waals surface area (Å²) in [6.07, 6.45) is 1.53. The van der Waals surface area contributed by atoms with E-state index in [0.29, 0.717) is 11.6 Å². The molecule has 0 bridgehead atoms. The zero-order valence-electron chi connectivity index (χ0n) is 10.4. The fraction of sp³-hybridized carbons (Fsp3) is 0.417. The van der Waals surface area contributed by atoms with Gasteiger partial charge in [-0.1, -0.05) is 36.8 Å². The van der Waals surface area contributed by atoms with Gasteiger partial charge in [0, 0.05) is 0 Å². The molecule has 2 aromatic rings. The number of unbranched alkanes of at least 4 members (excludes halogenated alkanes) is 1. The van der Waals surface area contributed by atoms with Crippen LogP contribution in [0.1, 0.15) is 25.3 Å². The second-order valence-electron chi connectivity index (χ2n) is 4.22. The number of fused-ring (bicyclic) bond motifs is 1. The molecule has 0 unspecified atom stereocenters. The maximum atomic E-state index is 11.8. The van der Waals surface area contributed by atoms with Crippen molar-refractivity contribution >= 4 is 36.7 Å². The molecule has 4 nitrogen and oxygen atoms in total. The number of nitrogens with zero attached hydrogens (tertiary/aromatic N) is 1. The van der Waals surface area contributed by atoms with Crippen LogP contribution in [0, 0.1) is 6.92 Å². The minimum atomic E-state index is -3.26. The summed E-state index contributed by atoms with van der Waals surface area (Å²) >= 11 is 1.37. The fourth-order valence-electron chi connectivity index (χ4n) is 1.65. The Morgan fingerprint density at radius 2 is 2.17 bits per heavy atom. The zero-order valence-corrected chi connectivity index (χ0v) is 12.1. The van der Waals surface area contributed by atoms with Gasteiger partial charge in [-0.3, -0.25) is 4.72 Å². The standard InChI is InChI=1S/C12H16N2O2S2/c1-3-4-8-18(15,16)14-12-13-11-9(2)6-5-7-10(11)17-12/h5-7H,3-4,8H2,1-2H3,(H,13,14). The molecular weight excluding hydrogens is 268 g/mol. The van der Waals surface area contributed by atoms with E-state index in [1.807, 2.05) is 32.0 Å². The lowest BCUT2D eigenvalue weighted by molar-refractivity contribution is 0.598. The van der Waals surface area contributed by atoms with Gasteiger partial charge in [0.05, 0.1) is 16.0 Å². The predicted octanol–water partition coefficient (Wildman–Crippen LogP) is 3.15. The lowest BCUT2D eigenvalue weighted by Crippen LogP contribution is -2.16. The van der Waals surface area contributed by atoms with Crippen molar-refractivity contribution in [3.63, 3.8) is 0 Å². The van der Waals surface area contributed by atoms with Crippen molar-refractivity contribution in [1.82, 2.24) is 4.98 Å². The molecule has 18 heavy (non-hydrogen) atoms. The minimum Gasteiger partial charge on any atom is -0.259 e. The Morgan fingerprint density at radius 3 is 2.83 bits per heavy atom. The number of nitrogens with one attached hydrogen (secondary N) is 1. The first kappa shape index (κ1) is 13.3. The fourth-order valence-corrected chi connectivity index (χ4v) is 4.07. The van der Waals surface area contributed by atoms with Crippen molar-refractivity contribution in [3.8, 4) is 0 Å². The number of rotatable bonds is 5. The van der Waals surface area contributed by atoms with E-state index in [1.54, 1.807) is 0 Å². The van der Waals surface area contributed by atoms with Crippen LogP contribution >= 0.6 is 11.3 Å². The van der Waals surface area contributed by atoms with Gasteiger partial charge in [-0.2, -0.15) is 0 Å². The zero-order chi connectivity index (χ0) is 13.2. The Morgan fingerprint density at radius 1 is 1.39 bits per heavy atom. The summed E-state index contributed by atoms with van der Waals surface area (Å²) in [4.78, 5) is 4.33. The molecule has 2 rings (SSSR count). The Hall–Kier alpha value is -1.14. The van der Waals surface area contributed by atoms with Crippen LogP contribution in [0.3, 0.4) is 0 Å². The highest BCUT2D eigenvalue weighted by Gasteiger charge is 2.13. The van der Waals surface area contributed by atoms with E-state index in [9.17, 15) is 8.42 Å². The highest BCUT2D eigenvalue weighted by atomic mass is 32.2. The van der Waals surface area contributed by atoms with Crippen LogP contribution in [-0.4, -0.2) is 19.2 Å². The van der Waals surface area contributed by atoms with Crippen molar-refractivity contribution < 1.29 is 8.42 Å². The Bertz CT molecular complexity index is 647. The van der Waals surface area contributed by atoms with Gasteiger partial charge < -0.3 is 0 Å². The number of sulfonamides is 1. The number of aromatic nitrogens is 1. The molecule has 0 aliphatic heterocycles. The molecule has 1 aromatic carbocycles. The molecular formula is C12H16N2O2S2. The lowest BCUT2D eigenvalue weighted by atomic mass is 10.2. The molecule has 0 atom stereocenters. The molecule has 0 radical (unpaired) electrons. The van der Waals surface area contributed by atoms with Crippen LogP contribution in [0.5, 0.6) is 0 Å². The normalized spacial score (nSPS) is 11.9. The Labute approximate surface area is 111 Å². The highest BCUT2D eigenvalue weighted by Crippen LogP contribution is 2.28. The Kier molecular flexibility index (Phi) is 3.87. The van der Waals surface area contributed by atoms with Crippen molar-refractivity contribution in [1.29, 1.82) is 0 Å². The summed E-state index contributed by atoms with van der Waals surface area (Å²) in [6, 6.07) is 5.87. The summed E-state index contributed by atoms with van der Waals surface area (Å²) in [5.74, 6) is 0.151. The van der Waals surface area contributed by atoms with Gasteiger partial charge in [-0.05, 0) is 25.0 Å². The molecule has 0 aliphatic carbocycles. The number of hydrogen-bond acceptors (Lipinski definition) is 4. The smallest absolute Gasteiger partial charge is 0.234 e. The number of para-hydroxylation sites is 1. The molecule has 0 fully saturated rings. The van der Waals surface area contributed by atoms with E-state index in [2.05, 4.69) is 9.71 Å². The number of aryl methyl sites for hydroxylation is 1. The molecule has 0 amide bonds. The average molecular weight is 284 g/mol. The summed E-state index contributed by atoms with van der Waals surface area (Å²) in [7, 11) is -3.26. The second kappa shape index (κ2) is 5.24. The highest BCUT2D eigenvalue weighted by molar-refractivity contribution is 7.92. The molecule has 0 saturated carbocycles. The van der Waals surface area contributed by atoms with Gasteiger partial charge in [-0.15, -0.1) is 0 Å². The number of anilines is 1. The van der Waals surface area contributed by atoms with E-state index in [1.165, 1.54) is 11.3 Å². The van der Waals surface area contributed by atoms with Crippen molar-refractivity contribution in [2.75, 3.05) is 10.5 Å². The Balaban J connectivity index is 2.25. The SMILES string of the molecule is CCCCS(=O)(=O)Nc1nc2c(C)cccc2s1. The molecule has 98 valence electrons. The van der Waals surface area contributed by atoms with Crippen LogP contribution in [0.2, 0.25) is 0 Å². The number of thiazole rings is 1. The third-order valence-electron chi connectivity index (χ3n) is 2.63. The van der Waals surface area contributed by atoms with Crippen molar-refractivity contribution in [2.24, 2.45) is 0 Å². The van der Waals surface area contributed by atoms with Gasteiger partial charge in [0.1, 0.15) is 0 Å². The monoisotopic (exact) mass is 284 g/mol. The van der Waals surface area contributed by atoms with E-state index in [4.69, 9.17) is 0 Å². The van der Waals surface area contributed by atoms with Gasteiger partial charge in [-0.25, -0.2) is 13.4 Å². The van der Waals surface area contributed by atoms with Gasteiger partial charge in [0.2, 0.25) is 10.0 Å². The van der Waals surface area contributed by atoms with Crippen molar-refractivity contribution in [3.05, 3.63) is 23.8 Å². The summed E-state index contributed by atoms with van der Waals surface area (Å²) in [6.45, 7) is 3.94. The molecule has 1 aromatic heterocycles. The van der Waals surface area contributed by atoms with Crippen LogP contribution in [0.15, 0.2) is 18.2 Å². The third-order valence-corrected chi connectivity index (χ3v) is 5.03. The summed E-state index contributed by atoms with van der Waals surface area (Å²) in [5, 5.41) is 0.454. The third kappa shape index (κ3) is 3.00. The van der Waals surface area contributed by atoms with Gasteiger partial charge >= 0.3 is 0 Å². The minimum absolute atomic E-state index is 0.151. The van der Waals surface area contributed by atoms with Gasteiger partial charge in [0.15, 0.2) is 5.13 Å². The number of hydrogen-bond donors (Lipinski definition) is 1. The molecule has 6 heteroatoms. The average Bonchev–Trinajstić information content (AvgIpc) is 2.69. The lowest BCUT2D eigenvalue weighted by Gasteiger charge is -2.02. The molecule has 0 spiro atoms. The molecule has 1 heterocycles. The van der Waals surface area contributed by atoms with E-state index in [-0.39, 0.29) is 5.75 Å². The molecule has 0 aliphatic rings. The first-order valence-corrected chi connectivity index (χ1v) is 8.35. The first-order valence-electron chi connectivity index (χ1n) is 5.88. The van der Waals surface area contributed by atoms with Crippen molar-refractivity contribution in [2.45, 2.75) is 26.7 Å². The first-order chi connectivity index (χ1) is 8.52. The quantitative estimate of drug-likeness (QED) is 0.917. The largest absolute Gasteiger partial charge is 0.259 e.